The number of benzene rings is 1. The van der Waals surface area contributed by atoms with Gasteiger partial charge in [-0.3, -0.25) is 0 Å². The van der Waals surface area contributed by atoms with Gasteiger partial charge in [0.1, 0.15) is 11.5 Å². The van der Waals surface area contributed by atoms with Gasteiger partial charge in [0.05, 0.1) is 18.9 Å². The molecule has 2 heterocycles. The summed E-state index contributed by atoms with van der Waals surface area (Å²) in [6.45, 7) is 3.13. The topological polar surface area (TPSA) is 65.8 Å². The molecule has 0 saturated carbocycles. The highest BCUT2D eigenvalue weighted by molar-refractivity contribution is 7.14. The smallest absolute Gasteiger partial charge is 0.186 e. The first-order valence-corrected chi connectivity index (χ1v) is 6.92. The highest BCUT2D eigenvalue weighted by Crippen LogP contribution is 2.34. The number of nitrogens with zero attached hydrogens (tertiary/aromatic N) is 2. The number of thiazole rings is 1. The lowest BCUT2D eigenvalue weighted by Crippen LogP contribution is -2.36. The lowest BCUT2D eigenvalue weighted by molar-refractivity contribution is 0.122. The van der Waals surface area contributed by atoms with Gasteiger partial charge in [-0.15, -0.1) is 11.3 Å². The first-order chi connectivity index (χ1) is 9.24. The number of phenolic OH excluding ortho intramolecular Hbond substituents is 2. The molecule has 19 heavy (non-hydrogen) atoms. The Labute approximate surface area is 114 Å². The van der Waals surface area contributed by atoms with Crippen LogP contribution >= 0.6 is 11.3 Å². The fraction of sp³-hybridized carbons (Fsp3) is 0.308. The summed E-state index contributed by atoms with van der Waals surface area (Å²) in [4.78, 5) is 6.72. The second-order valence-corrected chi connectivity index (χ2v) is 5.15. The second-order valence-electron chi connectivity index (χ2n) is 4.32. The summed E-state index contributed by atoms with van der Waals surface area (Å²) in [6.07, 6.45) is 0. The van der Waals surface area contributed by atoms with E-state index in [0.29, 0.717) is 5.56 Å². The Balaban J connectivity index is 1.87. The number of anilines is 1. The van der Waals surface area contributed by atoms with Crippen molar-refractivity contribution in [3.63, 3.8) is 0 Å². The third-order valence-corrected chi connectivity index (χ3v) is 3.93. The minimum Gasteiger partial charge on any atom is -0.508 e. The van der Waals surface area contributed by atoms with Crippen molar-refractivity contribution in [2.45, 2.75) is 0 Å². The average molecular weight is 278 g/mol. The molecule has 100 valence electrons. The zero-order valence-corrected chi connectivity index (χ0v) is 11.1. The van der Waals surface area contributed by atoms with E-state index >= 15 is 0 Å². The molecule has 0 amide bonds. The van der Waals surface area contributed by atoms with Crippen LogP contribution in [0.15, 0.2) is 23.6 Å². The van der Waals surface area contributed by atoms with Crippen molar-refractivity contribution < 1.29 is 14.9 Å². The number of aromatic hydroxyl groups is 2. The van der Waals surface area contributed by atoms with Crippen molar-refractivity contribution in [2.24, 2.45) is 0 Å². The summed E-state index contributed by atoms with van der Waals surface area (Å²) in [5.74, 6) is 0.0868. The lowest BCUT2D eigenvalue weighted by Gasteiger charge is -2.26. The number of aromatic nitrogens is 1. The van der Waals surface area contributed by atoms with Gasteiger partial charge in [0, 0.05) is 30.1 Å². The molecule has 0 radical (unpaired) electrons. The Kier molecular flexibility index (Phi) is 3.27. The standard InChI is InChI=1S/C13H14N2O3S/c16-9-1-2-10(12(17)7-9)11-8-19-13(14-11)15-3-5-18-6-4-15/h1-2,7-8,16-17H,3-6H2. The largest absolute Gasteiger partial charge is 0.508 e. The van der Waals surface area contributed by atoms with Crippen LogP contribution in [-0.2, 0) is 4.74 Å². The van der Waals surface area contributed by atoms with Crippen molar-refractivity contribution >= 4 is 16.5 Å². The number of rotatable bonds is 2. The Hall–Kier alpha value is -1.79. The normalized spacial score (nSPS) is 15.7. The first-order valence-electron chi connectivity index (χ1n) is 6.04. The van der Waals surface area contributed by atoms with Crippen molar-refractivity contribution in [3.8, 4) is 22.8 Å². The maximum absolute atomic E-state index is 9.84. The van der Waals surface area contributed by atoms with E-state index in [2.05, 4.69) is 9.88 Å². The summed E-state index contributed by atoms with van der Waals surface area (Å²) in [7, 11) is 0. The van der Waals surface area contributed by atoms with Crippen LogP contribution in [0, 0.1) is 0 Å². The zero-order chi connectivity index (χ0) is 13.2. The molecular formula is C13H14N2O3S. The highest BCUT2D eigenvalue weighted by atomic mass is 32.1. The Morgan fingerprint density at radius 2 is 2.00 bits per heavy atom. The van der Waals surface area contributed by atoms with Crippen LogP contribution in [0.5, 0.6) is 11.5 Å². The van der Waals surface area contributed by atoms with Crippen molar-refractivity contribution in [2.75, 3.05) is 31.2 Å². The van der Waals surface area contributed by atoms with E-state index in [1.807, 2.05) is 5.38 Å². The molecule has 5 nitrogen and oxygen atoms in total. The van der Waals surface area contributed by atoms with Gasteiger partial charge in [0.25, 0.3) is 0 Å². The molecule has 1 aromatic carbocycles. The molecule has 2 N–H and O–H groups in total. The molecule has 0 unspecified atom stereocenters. The molecule has 1 aliphatic rings. The van der Waals surface area contributed by atoms with E-state index in [0.717, 1.165) is 37.1 Å². The number of hydrogen-bond acceptors (Lipinski definition) is 6. The Morgan fingerprint density at radius 1 is 1.21 bits per heavy atom. The predicted octanol–water partition coefficient (Wildman–Crippen LogP) is 2.06. The molecule has 0 atom stereocenters. The molecule has 1 aromatic heterocycles. The summed E-state index contributed by atoms with van der Waals surface area (Å²) < 4.78 is 5.31. The molecule has 0 bridgehead atoms. The molecule has 2 aromatic rings. The van der Waals surface area contributed by atoms with E-state index in [4.69, 9.17) is 4.74 Å². The highest BCUT2D eigenvalue weighted by Gasteiger charge is 2.16. The van der Waals surface area contributed by atoms with Crippen LogP contribution in [0.1, 0.15) is 0 Å². The van der Waals surface area contributed by atoms with E-state index in [1.165, 1.54) is 6.07 Å². The first kappa shape index (κ1) is 12.3. The van der Waals surface area contributed by atoms with E-state index < -0.39 is 0 Å². The Morgan fingerprint density at radius 3 is 2.74 bits per heavy atom. The van der Waals surface area contributed by atoms with Crippen LogP contribution in [-0.4, -0.2) is 41.5 Å². The van der Waals surface area contributed by atoms with Crippen LogP contribution in [0.3, 0.4) is 0 Å². The van der Waals surface area contributed by atoms with Gasteiger partial charge in [-0.1, -0.05) is 0 Å². The molecule has 0 spiro atoms. The number of ether oxygens (including phenoxy) is 1. The van der Waals surface area contributed by atoms with Gasteiger partial charge < -0.3 is 19.8 Å². The summed E-state index contributed by atoms with van der Waals surface area (Å²) >= 11 is 1.55. The molecule has 1 fully saturated rings. The van der Waals surface area contributed by atoms with Gasteiger partial charge in [-0.05, 0) is 12.1 Å². The third-order valence-electron chi connectivity index (χ3n) is 3.03. The number of morpholine rings is 1. The lowest BCUT2D eigenvalue weighted by atomic mass is 10.1. The third kappa shape index (κ3) is 2.50. The molecular weight excluding hydrogens is 264 g/mol. The number of hydrogen-bond donors (Lipinski definition) is 2. The van der Waals surface area contributed by atoms with Crippen LogP contribution in [0.4, 0.5) is 5.13 Å². The predicted molar refractivity (Wildman–Crippen MR) is 73.9 cm³/mol. The number of phenols is 2. The minimum absolute atomic E-state index is 0.0406. The van der Waals surface area contributed by atoms with E-state index in [9.17, 15) is 10.2 Å². The van der Waals surface area contributed by atoms with Gasteiger partial charge >= 0.3 is 0 Å². The van der Waals surface area contributed by atoms with Crippen LogP contribution in [0.25, 0.3) is 11.3 Å². The SMILES string of the molecule is Oc1ccc(-c2csc(N3CCOCC3)n2)c(O)c1. The maximum Gasteiger partial charge on any atom is 0.186 e. The average Bonchev–Trinajstić information content (AvgIpc) is 2.89. The monoisotopic (exact) mass is 278 g/mol. The van der Waals surface area contributed by atoms with Crippen LogP contribution < -0.4 is 4.90 Å². The van der Waals surface area contributed by atoms with E-state index in [-0.39, 0.29) is 11.5 Å². The fourth-order valence-electron chi connectivity index (χ4n) is 2.02. The quantitative estimate of drug-likeness (QED) is 0.880. The molecule has 1 saturated heterocycles. The molecule has 6 heteroatoms. The summed E-state index contributed by atoms with van der Waals surface area (Å²) in [6, 6.07) is 4.54. The van der Waals surface area contributed by atoms with E-state index in [1.54, 1.807) is 23.5 Å². The fourth-order valence-corrected chi connectivity index (χ4v) is 2.90. The molecule has 0 aliphatic carbocycles. The zero-order valence-electron chi connectivity index (χ0n) is 10.2. The van der Waals surface area contributed by atoms with Crippen molar-refractivity contribution in [3.05, 3.63) is 23.6 Å². The Bertz CT molecular complexity index is 579. The van der Waals surface area contributed by atoms with Gasteiger partial charge in [0.15, 0.2) is 5.13 Å². The second kappa shape index (κ2) is 5.07. The van der Waals surface area contributed by atoms with Gasteiger partial charge in [-0.2, -0.15) is 0 Å². The van der Waals surface area contributed by atoms with Crippen LogP contribution in [0.2, 0.25) is 0 Å². The van der Waals surface area contributed by atoms with Crippen molar-refractivity contribution in [1.82, 2.24) is 4.98 Å². The summed E-state index contributed by atoms with van der Waals surface area (Å²) in [5.41, 5.74) is 1.36. The molecule has 3 rings (SSSR count). The van der Waals surface area contributed by atoms with Gasteiger partial charge in [-0.25, -0.2) is 4.98 Å². The van der Waals surface area contributed by atoms with Gasteiger partial charge in [0.2, 0.25) is 0 Å². The minimum atomic E-state index is 0.0406. The molecule has 1 aliphatic heterocycles. The maximum atomic E-state index is 9.84. The van der Waals surface area contributed by atoms with Crippen molar-refractivity contribution in [1.29, 1.82) is 0 Å². The summed E-state index contributed by atoms with van der Waals surface area (Å²) in [5, 5.41) is 22.0.